The zero-order valence-electron chi connectivity index (χ0n) is 17.6. The van der Waals surface area contributed by atoms with Crippen molar-refractivity contribution in [2.24, 2.45) is 0 Å². The molecule has 0 unspecified atom stereocenters. The molecule has 1 fully saturated rings. The smallest absolute Gasteiger partial charge is 0.289 e. The highest BCUT2D eigenvalue weighted by atomic mass is 32.2. The van der Waals surface area contributed by atoms with Gasteiger partial charge in [0.05, 0.1) is 26.3 Å². The van der Waals surface area contributed by atoms with E-state index in [2.05, 4.69) is 4.90 Å². The van der Waals surface area contributed by atoms with Crippen LogP contribution in [0.5, 0.6) is 17.2 Å². The van der Waals surface area contributed by atoms with Crippen molar-refractivity contribution in [3.63, 3.8) is 0 Å². The Labute approximate surface area is 181 Å². The van der Waals surface area contributed by atoms with E-state index in [1.54, 1.807) is 14.2 Å². The Kier molecular flexibility index (Phi) is 6.98. The third-order valence-electron chi connectivity index (χ3n) is 5.14. The standard InChI is InChI=1S/C20H25N3O7S/c1-28-17-12-15(13-18(29-2)20(17)30-3)14-21-8-10-22(11-9-21)31(26,27)19-7-5-4-6-16(19)23(24)25/h4-7,12-13H,8-11,14H2,1-3H3. The average molecular weight is 452 g/mol. The second-order valence-corrected chi connectivity index (χ2v) is 8.85. The normalized spacial score (nSPS) is 15.5. The zero-order chi connectivity index (χ0) is 22.6. The summed E-state index contributed by atoms with van der Waals surface area (Å²) in [6, 6.07) is 9.13. The average Bonchev–Trinajstić information content (AvgIpc) is 2.78. The highest BCUT2D eigenvalue weighted by Gasteiger charge is 2.33. The monoisotopic (exact) mass is 451 g/mol. The highest BCUT2D eigenvalue weighted by molar-refractivity contribution is 7.89. The van der Waals surface area contributed by atoms with Crippen molar-refractivity contribution < 1.29 is 27.6 Å². The molecular weight excluding hydrogens is 426 g/mol. The van der Waals surface area contributed by atoms with Gasteiger partial charge in [0, 0.05) is 38.8 Å². The van der Waals surface area contributed by atoms with Crippen molar-refractivity contribution in [2.75, 3.05) is 47.5 Å². The van der Waals surface area contributed by atoms with Crippen LogP contribution in [-0.2, 0) is 16.6 Å². The van der Waals surface area contributed by atoms with E-state index < -0.39 is 20.6 Å². The van der Waals surface area contributed by atoms with E-state index in [9.17, 15) is 18.5 Å². The quantitative estimate of drug-likeness (QED) is 0.443. The van der Waals surface area contributed by atoms with Crippen LogP contribution in [0.15, 0.2) is 41.3 Å². The first kappa shape index (κ1) is 22.8. The third kappa shape index (κ3) is 4.73. The fourth-order valence-electron chi connectivity index (χ4n) is 3.58. The van der Waals surface area contributed by atoms with Crippen molar-refractivity contribution in [1.29, 1.82) is 0 Å². The molecule has 0 atom stereocenters. The van der Waals surface area contributed by atoms with Gasteiger partial charge in [0.1, 0.15) is 0 Å². The molecule has 1 heterocycles. The molecule has 1 aliphatic rings. The molecule has 2 aromatic rings. The van der Waals surface area contributed by atoms with E-state index in [0.29, 0.717) is 36.9 Å². The molecule has 1 saturated heterocycles. The maximum atomic E-state index is 13.0. The van der Waals surface area contributed by atoms with Gasteiger partial charge < -0.3 is 14.2 Å². The first-order chi connectivity index (χ1) is 14.8. The van der Waals surface area contributed by atoms with Gasteiger partial charge in [-0.25, -0.2) is 8.42 Å². The minimum atomic E-state index is -3.96. The molecule has 11 heteroatoms. The first-order valence-corrected chi connectivity index (χ1v) is 11.0. The minimum Gasteiger partial charge on any atom is -0.493 e. The van der Waals surface area contributed by atoms with Gasteiger partial charge in [0.25, 0.3) is 5.69 Å². The Morgan fingerprint density at radius 2 is 1.55 bits per heavy atom. The number of ether oxygens (including phenoxy) is 3. The lowest BCUT2D eigenvalue weighted by Crippen LogP contribution is -2.48. The number of hydrogen-bond donors (Lipinski definition) is 0. The van der Waals surface area contributed by atoms with Crippen LogP contribution in [0.3, 0.4) is 0 Å². The molecule has 1 aliphatic heterocycles. The number of nitrogens with zero attached hydrogens (tertiary/aromatic N) is 3. The Hall–Kier alpha value is -2.89. The van der Waals surface area contributed by atoms with E-state index in [1.165, 1.54) is 35.7 Å². The second-order valence-electron chi connectivity index (χ2n) is 6.94. The molecule has 10 nitrogen and oxygen atoms in total. The third-order valence-corrected chi connectivity index (χ3v) is 7.09. The van der Waals surface area contributed by atoms with Crippen molar-refractivity contribution in [1.82, 2.24) is 9.21 Å². The summed E-state index contributed by atoms with van der Waals surface area (Å²) in [6.07, 6.45) is 0. The second kappa shape index (κ2) is 9.50. The fraction of sp³-hybridized carbons (Fsp3) is 0.400. The summed E-state index contributed by atoms with van der Waals surface area (Å²) in [7, 11) is 0.681. The predicted octanol–water partition coefficient (Wildman–Crippen LogP) is 2.13. The first-order valence-electron chi connectivity index (χ1n) is 9.56. The largest absolute Gasteiger partial charge is 0.493 e. The number of nitro benzene ring substituents is 1. The maximum absolute atomic E-state index is 13.0. The molecule has 0 radical (unpaired) electrons. The molecule has 0 bridgehead atoms. The number of methoxy groups -OCH3 is 3. The van der Waals surface area contributed by atoms with E-state index >= 15 is 0 Å². The summed E-state index contributed by atoms with van der Waals surface area (Å²) in [6.45, 7) is 2.00. The lowest BCUT2D eigenvalue weighted by Gasteiger charge is -2.34. The van der Waals surface area contributed by atoms with E-state index in [0.717, 1.165) is 5.56 Å². The topological polar surface area (TPSA) is 111 Å². The number of hydrogen-bond acceptors (Lipinski definition) is 8. The number of sulfonamides is 1. The van der Waals surface area contributed by atoms with Gasteiger partial charge in [-0.2, -0.15) is 4.31 Å². The summed E-state index contributed by atoms with van der Waals surface area (Å²) in [4.78, 5) is 12.4. The number of para-hydroxylation sites is 1. The summed E-state index contributed by atoms with van der Waals surface area (Å²) in [5.41, 5.74) is 0.520. The van der Waals surface area contributed by atoms with Gasteiger partial charge >= 0.3 is 0 Å². The summed E-state index contributed by atoms with van der Waals surface area (Å²) in [5, 5.41) is 11.2. The van der Waals surface area contributed by atoms with E-state index in [4.69, 9.17) is 14.2 Å². The number of piperazine rings is 1. The lowest BCUT2D eigenvalue weighted by molar-refractivity contribution is -0.387. The lowest BCUT2D eigenvalue weighted by atomic mass is 10.1. The van der Waals surface area contributed by atoms with Crippen molar-refractivity contribution >= 4 is 15.7 Å². The number of benzene rings is 2. The summed E-state index contributed by atoms with van der Waals surface area (Å²) < 4.78 is 43.3. The molecule has 0 aliphatic carbocycles. The molecule has 0 spiro atoms. The van der Waals surface area contributed by atoms with Crippen molar-refractivity contribution in [3.05, 3.63) is 52.1 Å². The molecule has 0 N–H and O–H groups in total. The van der Waals surface area contributed by atoms with Crippen LogP contribution in [-0.4, -0.2) is 70.1 Å². The van der Waals surface area contributed by atoms with Gasteiger partial charge in [-0.05, 0) is 23.8 Å². The summed E-state index contributed by atoms with van der Waals surface area (Å²) >= 11 is 0. The number of nitro groups is 1. The van der Waals surface area contributed by atoms with Crippen LogP contribution in [0.25, 0.3) is 0 Å². The van der Waals surface area contributed by atoms with Crippen LogP contribution in [0.2, 0.25) is 0 Å². The maximum Gasteiger partial charge on any atom is 0.289 e. The van der Waals surface area contributed by atoms with Crippen molar-refractivity contribution in [2.45, 2.75) is 11.4 Å². The molecule has 0 amide bonds. The van der Waals surface area contributed by atoms with Gasteiger partial charge in [-0.15, -0.1) is 0 Å². The van der Waals surface area contributed by atoms with E-state index in [1.807, 2.05) is 12.1 Å². The molecule has 0 aromatic heterocycles. The zero-order valence-corrected chi connectivity index (χ0v) is 18.4. The predicted molar refractivity (Wildman–Crippen MR) is 113 cm³/mol. The SMILES string of the molecule is COc1cc(CN2CCN(S(=O)(=O)c3ccccc3[N+](=O)[O-])CC2)cc(OC)c1OC. The van der Waals surface area contributed by atoms with Gasteiger partial charge in [-0.3, -0.25) is 15.0 Å². The Bertz CT molecular complexity index is 1030. The van der Waals surface area contributed by atoms with Crippen molar-refractivity contribution in [3.8, 4) is 17.2 Å². The van der Waals surface area contributed by atoms with Crippen LogP contribution in [0.1, 0.15) is 5.56 Å². The highest BCUT2D eigenvalue weighted by Crippen LogP contribution is 2.38. The summed E-state index contributed by atoms with van der Waals surface area (Å²) in [5.74, 6) is 1.61. The minimum absolute atomic E-state index is 0.235. The van der Waals surface area contributed by atoms with E-state index in [-0.39, 0.29) is 18.0 Å². The molecule has 31 heavy (non-hydrogen) atoms. The van der Waals surface area contributed by atoms with Crippen LogP contribution in [0.4, 0.5) is 5.69 Å². The Morgan fingerprint density at radius 1 is 0.968 bits per heavy atom. The molecule has 0 saturated carbocycles. The molecule has 2 aromatic carbocycles. The number of rotatable bonds is 8. The molecular formula is C20H25N3O7S. The Morgan fingerprint density at radius 3 is 2.06 bits per heavy atom. The van der Waals surface area contributed by atoms with Gasteiger partial charge in [0.2, 0.25) is 15.8 Å². The molecule has 168 valence electrons. The van der Waals surface area contributed by atoms with Gasteiger partial charge in [0.15, 0.2) is 16.4 Å². The Balaban J connectivity index is 1.73. The fourth-order valence-corrected chi connectivity index (χ4v) is 5.16. The van der Waals surface area contributed by atoms with Crippen LogP contribution in [0, 0.1) is 10.1 Å². The molecule has 3 rings (SSSR count). The van der Waals surface area contributed by atoms with Gasteiger partial charge in [-0.1, -0.05) is 12.1 Å². The van der Waals surface area contributed by atoms with Crippen LogP contribution >= 0.6 is 0 Å². The van der Waals surface area contributed by atoms with Crippen LogP contribution < -0.4 is 14.2 Å².